The zero-order chi connectivity index (χ0) is 15.4. The van der Waals surface area contributed by atoms with E-state index in [2.05, 4.69) is 38.3 Å². The van der Waals surface area contributed by atoms with E-state index in [1.807, 2.05) is 39.2 Å². The Labute approximate surface area is 134 Å². The molecule has 0 aromatic heterocycles. The first-order valence-electron chi connectivity index (χ1n) is 6.95. The van der Waals surface area contributed by atoms with Crippen molar-refractivity contribution in [1.82, 2.24) is 5.32 Å². The van der Waals surface area contributed by atoms with Crippen molar-refractivity contribution in [2.75, 3.05) is 19.0 Å². The van der Waals surface area contributed by atoms with Gasteiger partial charge in [0.1, 0.15) is 5.82 Å². The summed E-state index contributed by atoms with van der Waals surface area (Å²) in [6.45, 7) is 2.79. The summed E-state index contributed by atoms with van der Waals surface area (Å²) in [6, 6.07) is 13.1. The number of anilines is 1. The predicted molar refractivity (Wildman–Crippen MR) is 90.1 cm³/mol. The Morgan fingerprint density at radius 2 is 1.95 bits per heavy atom. The molecule has 0 radical (unpaired) electrons. The van der Waals surface area contributed by atoms with E-state index in [1.54, 1.807) is 6.07 Å². The minimum Gasteiger partial charge on any atom is -0.367 e. The van der Waals surface area contributed by atoms with E-state index < -0.39 is 0 Å². The van der Waals surface area contributed by atoms with Gasteiger partial charge in [-0.05, 0) is 37.7 Å². The number of nitrogens with one attached hydrogen (secondary N) is 1. The van der Waals surface area contributed by atoms with Gasteiger partial charge in [0, 0.05) is 29.3 Å². The van der Waals surface area contributed by atoms with E-state index in [4.69, 9.17) is 0 Å². The molecule has 0 spiro atoms. The standard InChI is InChI=1S/C17H20BrFN2/c1-12(15-6-4-5-7-16(15)19)21(3)17-10-14(18)9-8-13(17)11-20-2/h4-10,12,20H,11H2,1-3H3. The Morgan fingerprint density at radius 1 is 1.24 bits per heavy atom. The van der Waals surface area contributed by atoms with E-state index in [0.29, 0.717) is 5.56 Å². The maximum Gasteiger partial charge on any atom is 0.128 e. The molecule has 4 heteroatoms. The van der Waals surface area contributed by atoms with Gasteiger partial charge in [-0.2, -0.15) is 0 Å². The number of benzene rings is 2. The zero-order valence-electron chi connectivity index (χ0n) is 12.5. The molecule has 0 saturated heterocycles. The summed E-state index contributed by atoms with van der Waals surface area (Å²) in [5, 5.41) is 3.17. The van der Waals surface area contributed by atoms with E-state index in [-0.39, 0.29) is 11.9 Å². The highest BCUT2D eigenvalue weighted by Crippen LogP contribution is 2.31. The predicted octanol–water partition coefficient (Wildman–Crippen LogP) is 4.51. The highest BCUT2D eigenvalue weighted by Gasteiger charge is 2.18. The lowest BCUT2D eigenvalue weighted by Crippen LogP contribution is -2.24. The van der Waals surface area contributed by atoms with E-state index in [1.165, 1.54) is 11.6 Å². The molecule has 0 amide bonds. The third-order valence-corrected chi connectivity index (χ3v) is 4.22. The summed E-state index contributed by atoms with van der Waals surface area (Å²) >= 11 is 3.51. The normalized spacial score (nSPS) is 12.2. The second kappa shape index (κ2) is 7.05. The van der Waals surface area contributed by atoms with Crippen LogP contribution in [0.5, 0.6) is 0 Å². The molecule has 2 aromatic carbocycles. The number of hydrogen-bond acceptors (Lipinski definition) is 2. The summed E-state index contributed by atoms with van der Waals surface area (Å²) in [7, 11) is 3.92. The molecule has 0 bridgehead atoms. The van der Waals surface area contributed by atoms with Crippen LogP contribution in [0.2, 0.25) is 0 Å². The van der Waals surface area contributed by atoms with Crippen LogP contribution in [-0.2, 0) is 6.54 Å². The number of halogens is 2. The lowest BCUT2D eigenvalue weighted by molar-refractivity contribution is 0.584. The fraction of sp³-hybridized carbons (Fsp3) is 0.294. The average Bonchev–Trinajstić information content (AvgIpc) is 2.48. The molecule has 2 nitrogen and oxygen atoms in total. The van der Waals surface area contributed by atoms with Gasteiger partial charge >= 0.3 is 0 Å². The van der Waals surface area contributed by atoms with Crippen molar-refractivity contribution in [3.8, 4) is 0 Å². The van der Waals surface area contributed by atoms with E-state index >= 15 is 0 Å². The Morgan fingerprint density at radius 3 is 2.62 bits per heavy atom. The minimum atomic E-state index is -0.165. The zero-order valence-corrected chi connectivity index (χ0v) is 14.1. The van der Waals surface area contributed by atoms with Gasteiger partial charge in [0.2, 0.25) is 0 Å². The van der Waals surface area contributed by atoms with Crippen molar-refractivity contribution in [2.24, 2.45) is 0 Å². The van der Waals surface area contributed by atoms with Crippen molar-refractivity contribution >= 4 is 21.6 Å². The third kappa shape index (κ3) is 3.63. The Kier molecular flexibility index (Phi) is 5.37. The molecule has 112 valence electrons. The van der Waals surface area contributed by atoms with Gasteiger partial charge in [0.25, 0.3) is 0 Å². The first-order valence-corrected chi connectivity index (χ1v) is 7.74. The lowest BCUT2D eigenvalue weighted by atomic mass is 10.0. The van der Waals surface area contributed by atoms with Gasteiger partial charge in [-0.25, -0.2) is 4.39 Å². The van der Waals surface area contributed by atoms with Crippen molar-refractivity contribution < 1.29 is 4.39 Å². The van der Waals surface area contributed by atoms with Gasteiger partial charge in [0.15, 0.2) is 0 Å². The van der Waals surface area contributed by atoms with E-state index in [0.717, 1.165) is 16.7 Å². The summed E-state index contributed by atoms with van der Waals surface area (Å²) < 4.78 is 15.0. The van der Waals surface area contributed by atoms with Gasteiger partial charge < -0.3 is 10.2 Å². The largest absolute Gasteiger partial charge is 0.367 e. The van der Waals surface area contributed by atoms with Crippen LogP contribution in [0.3, 0.4) is 0 Å². The quantitative estimate of drug-likeness (QED) is 0.853. The van der Waals surface area contributed by atoms with Crippen LogP contribution in [0.15, 0.2) is 46.9 Å². The fourth-order valence-electron chi connectivity index (χ4n) is 2.44. The van der Waals surface area contributed by atoms with Crippen LogP contribution >= 0.6 is 15.9 Å². The van der Waals surface area contributed by atoms with Crippen LogP contribution in [0.4, 0.5) is 10.1 Å². The van der Waals surface area contributed by atoms with Gasteiger partial charge in [-0.15, -0.1) is 0 Å². The average molecular weight is 351 g/mol. The molecule has 0 aliphatic carbocycles. The summed E-state index contributed by atoms with van der Waals surface area (Å²) in [5.74, 6) is -0.165. The molecule has 0 aliphatic heterocycles. The molecule has 2 aromatic rings. The fourth-order valence-corrected chi connectivity index (χ4v) is 2.79. The van der Waals surface area contributed by atoms with Crippen molar-refractivity contribution in [3.63, 3.8) is 0 Å². The van der Waals surface area contributed by atoms with Crippen LogP contribution in [-0.4, -0.2) is 14.1 Å². The number of hydrogen-bond donors (Lipinski definition) is 1. The summed E-state index contributed by atoms with van der Waals surface area (Å²) in [6.07, 6.45) is 0. The van der Waals surface area contributed by atoms with Crippen LogP contribution < -0.4 is 10.2 Å². The van der Waals surface area contributed by atoms with Crippen LogP contribution in [0.1, 0.15) is 24.1 Å². The Bertz CT molecular complexity index is 615. The molecule has 1 N–H and O–H groups in total. The Hall–Kier alpha value is -1.39. The number of rotatable bonds is 5. The summed E-state index contributed by atoms with van der Waals surface area (Å²) in [5.41, 5.74) is 2.98. The van der Waals surface area contributed by atoms with Gasteiger partial charge in [0.05, 0.1) is 6.04 Å². The van der Waals surface area contributed by atoms with Crippen molar-refractivity contribution in [3.05, 3.63) is 63.9 Å². The first kappa shape index (κ1) is 16.0. The molecular formula is C17H20BrFN2. The first-order chi connectivity index (χ1) is 10.0. The minimum absolute atomic E-state index is 0.0453. The summed E-state index contributed by atoms with van der Waals surface area (Å²) in [4.78, 5) is 2.11. The highest BCUT2D eigenvalue weighted by atomic mass is 79.9. The highest BCUT2D eigenvalue weighted by molar-refractivity contribution is 9.10. The molecular weight excluding hydrogens is 331 g/mol. The molecule has 0 saturated carbocycles. The smallest absolute Gasteiger partial charge is 0.128 e. The molecule has 1 unspecified atom stereocenters. The number of nitrogens with zero attached hydrogens (tertiary/aromatic N) is 1. The van der Waals surface area contributed by atoms with Crippen LogP contribution in [0, 0.1) is 5.82 Å². The topological polar surface area (TPSA) is 15.3 Å². The molecule has 1 atom stereocenters. The maximum absolute atomic E-state index is 14.0. The van der Waals surface area contributed by atoms with Crippen LogP contribution in [0.25, 0.3) is 0 Å². The van der Waals surface area contributed by atoms with Crippen molar-refractivity contribution in [1.29, 1.82) is 0 Å². The second-order valence-corrected chi connectivity index (χ2v) is 6.03. The van der Waals surface area contributed by atoms with E-state index in [9.17, 15) is 4.39 Å². The second-order valence-electron chi connectivity index (χ2n) is 5.11. The Balaban J connectivity index is 2.37. The third-order valence-electron chi connectivity index (χ3n) is 3.73. The molecule has 0 fully saturated rings. The van der Waals surface area contributed by atoms with Gasteiger partial charge in [-0.3, -0.25) is 0 Å². The van der Waals surface area contributed by atoms with Gasteiger partial charge in [-0.1, -0.05) is 40.2 Å². The van der Waals surface area contributed by atoms with Crippen molar-refractivity contribution in [2.45, 2.75) is 19.5 Å². The molecule has 0 aliphatic rings. The lowest BCUT2D eigenvalue weighted by Gasteiger charge is -2.30. The maximum atomic E-state index is 14.0. The molecule has 21 heavy (non-hydrogen) atoms. The monoisotopic (exact) mass is 350 g/mol. The SMILES string of the molecule is CNCc1ccc(Br)cc1N(C)C(C)c1ccccc1F. The molecule has 0 heterocycles. The molecule has 2 rings (SSSR count).